The van der Waals surface area contributed by atoms with E-state index < -0.39 is 17.6 Å². The number of nitrogens with one attached hydrogen (secondary N) is 2. The van der Waals surface area contributed by atoms with Crippen LogP contribution in [-0.4, -0.2) is 31.2 Å². The average Bonchev–Trinajstić information content (AvgIpc) is 3.02. The SMILES string of the molecule is CCCc1cc(=O)[nH]c2nnc(SCC(=O)Nc3ccccc3C(F)(F)F)n12. The van der Waals surface area contributed by atoms with Crippen LogP contribution in [0.2, 0.25) is 0 Å². The lowest BCUT2D eigenvalue weighted by Crippen LogP contribution is -2.18. The molecule has 0 saturated heterocycles. The number of rotatable bonds is 6. The minimum absolute atomic E-state index is 0.169. The molecular formula is C17H16F3N5O2S. The number of anilines is 1. The summed E-state index contributed by atoms with van der Waals surface area (Å²) < 4.78 is 40.7. The van der Waals surface area contributed by atoms with Gasteiger partial charge in [-0.1, -0.05) is 37.2 Å². The molecule has 0 fully saturated rings. The van der Waals surface area contributed by atoms with Crippen LogP contribution in [-0.2, 0) is 17.4 Å². The number of aromatic amines is 1. The number of para-hydroxylation sites is 1. The van der Waals surface area contributed by atoms with E-state index in [1.54, 1.807) is 4.40 Å². The molecule has 0 aliphatic carbocycles. The normalized spacial score (nSPS) is 11.7. The molecule has 3 aromatic rings. The van der Waals surface area contributed by atoms with Crippen LogP contribution in [0.3, 0.4) is 0 Å². The third kappa shape index (κ3) is 4.35. The largest absolute Gasteiger partial charge is 0.418 e. The Labute approximate surface area is 161 Å². The first-order valence-electron chi connectivity index (χ1n) is 8.35. The number of hydrogen-bond donors (Lipinski definition) is 2. The van der Waals surface area contributed by atoms with Crippen LogP contribution in [0.1, 0.15) is 24.6 Å². The average molecular weight is 411 g/mol. The van der Waals surface area contributed by atoms with Gasteiger partial charge in [0.1, 0.15) is 0 Å². The molecule has 0 bridgehead atoms. The van der Waals surface area contributed by atoms with Crippen molar-refractivity contribution in [1.29, 1.82) is 0 Å². The van der Waals surface area contributed by atoms with Crippen molar-refractivity contribution < 1.29 is 18.0 Å². The highest BCUT2D eigenvalue weighted by Gasteiger charge is 2.33. The van der Waals surface area contributed by atoms with Crippen LogP contribution in [0, 0.1) is 0 Å². The maximum absolute atomic E-state index is 13.0. The Morgan fingerprint density at radius 2 is 2.04 bits per heavy atom. The number of carbonyl (C=O) groups excluding carboxylic acids is 1. The number of carbonyl (C=O) groups is 1. The van der Waals surface area contributed by atoms with Gasteiger partial charge < -0.3 is 5.32 Å². The zero-order valence-corrected chi connectivity index (χ0v) is 15.5. The summed E-state index contributed by atoms with van der Waals surface area (Å²) in [4.78, 5) is 26.4. The number of nitrogens with zero attached hydrogens (tertiary/aromatic N) is 3. The molecule has 0 aliphatic heterocycles. The van der Waals surface area contributed by atoms with E-state index in [2.05, 4.69) is 20.5 Å². The maximum atomic E-state index is 13.0. The molecule has 0 spiro atoms. The molecule has 2 N–H and O–H groups in total. The summed E-state index contributed by atoms with van der Waals surface area (Å²) in [6, 6.07) is 6.21. The lowest BCUT2D eigenvalue weighted by molar-refractivity contribution is -0.137. The fourth-order valence-corrected chi connectivity index (χ4v) is 3.43. The van der Waals surface area contributed by atoms with E-state index in [0.717, 1.165) is 24.2 Å². The van der Waals surface area contributed by atoms with Crippen molar-refractivity contribution in [2.24, 2.45) is 0 Å². The first-order valence-corrected chi connectivity index (χ1v) is 9.34. The van der Waals surface area contributed by atoms with Crippen LogP contribution >= 0.6 is 11.8 Å². The zero-order chi connectivity index (χ0) is 20.3. The Morgan fingerprint density at radius 1 is 1.29 bits per heavy atom. The zero-order valence-electron chi connectivity index (χ0n) is 14.7. The van der Waals surface area contributed by atoms with Gasteiger partial charge in [0.2, 0.25) is 11.7 Å². The lowest BCUT2D eigenvalue weighted by Gasteiger charge is -2.13. The van der Waals surface area contributed by atoms with E-state index in [1.165, 1.54) is 24.3 Å². The molecule has 1 amide bonds. The molecule has 0 saturated carbocycles. The van der Waals surface area contributed by atoms with Crippen molar-refractivity contribution in [2.75, 3.05) is 11.1 Å². The van der Waals surface area contributed by atoms with Gasteiger partial charge in [0.25, 0.3) is 5.56 Å². The lowest BCUT2D eigenvalue weighted by atomic mass is 10.1. The van der Waals surface area contributed by atoms with Crippen LogP contribution in [0.5, 0.6) is 0 Å². The van der Waals surface area contributed by atoms with E-state index in [9.17, 15) is 22.8 Å². The molecule has 11 heteroatoms. The quantitative estimate of drug-likeness (QED) is 0.608. The van der Waals surface area contributed by atoms with Gasteiger partial charge in [0.15, 0.2) is 5.16 Å². The van der Waals surface area contributed by atoms with Gasteiger partial charge in [0.05, 0.1) is 17.0 Å². The van der Waals surface area contributed by atoms with Crippen LogP contribution < -0.4 is 10.9 Å². The Kier molecular flexibility index (Phi) is 5.73. The summed E-state index contributed by atoms with van der Waals surface area (Å²) in [6.45, 7) is 1.95. The Bertz CT molecular complexity index is 1060. The number of alkyl halides is 3. The first kappa shape index (κ1) is 19.9. The Balaban J connectivity index is 1.77. The number of H-pyrrole nitrogens is 1. The Morgan fingerprint density at radius 3 is 2.75 bits per heavy atom. The number of aryl methyl sites for hydroxylation is 1. The Hall–Kier alpha value is -2.82. The fraction of sp³-hybridized carbons (Fsp3) is 0.294. The van der Waals surface area contributed by atoms with Gasteiger partial charge >= 0.3 is 6.18 Å². The van der Waals surface area contributed by atoms with Gasteiger partial charge in [-0.3, -0.25) is 19.0 Å². The molecule has 0 radical (unpaired) electrons. The molecule has 0 unspecified atom stereocenters. The molecule has 1 aromatic carbocycles. The highest BCUT2D eigenvalue weighted by molar-refractivity contribution is 7.99. The number of halogens is 3. The minimum atomic E-state index is -4.57. The highest BCUT2D eigenvalue weighted by Crippen LogP contribution is 2.34. The molecule has 3 rings (SSSR count). The van der Waals surface area contributed by atoms with Gasteiger partial charge in [-0.25, -0.2) is 0 Å². The standard InChI is InChI=1S/C17H16F3N5O2S/c1-2-5-10-8-13(26)22-15-23-24-16(25(10)15)28-9-14(27)21-12-7-4-3-6-11(12)17(18,19)20/h3-4,6-8H,2,5,9H2,1H3,(H,21,27)(H,22,23,26). The monoisotopic (exact) mass is 411 g/mol. The number of fused-ring (bicyclic) bond motifs is 1. The van der Waals surface area contributed by atoms with Crippen molar-refractivity contribution in [3.05, 3.63) is 51.9 Å². The van der Waals surface area contributed by atoms with Crippen LogP contribution in [0.15, 0.2) is 40.3 Å². The van der Waals surface area contributed by atoms with E-state index in [4.69, 9.17) is 0 Å². The van der Waals surface area contributed by atoms with E-state index >= 15 is 0 Å². The summed E-state index contributed by atoms with van der Waals surface area (Å²) in [5.41, 5.74) is -0.829. The molecule has 0 aliphatic rings. The summed E-state index contributed by atoms with van der Waals surface area (Å²) in [6.07, 6.45) is -3.17. The van der Waals surface area contributed by atoms with Crippen LogP contribution in [0.4, 0.5) is 18.9 Å². The predicted octanol–water partition coefficient (Wildman–Crippen LogP) is 3.12. The summed E-state index contributed by atoms with van der Waals surface area (Å²) in [7, 11) is 0. The van der Waals surface area contributed by atoms with E-state index in [-0.39, 0.29) is 22.8 Å². The molecular weight excluding hydrogens is 395 g/mol. The molecule has 28 heavy (non-hydrogen) atoms. The van der Waals surface area contributed by atoms with Gasteiger partial charge in [-0.05, 0) is 18.6 Å². The van der Waals surface area contributed by atoms with E-state index in [0.29, 0.717) is 17.3 Å². The summed E-state index contributed by atoms with van der Waals surface area (Å²) >= 11 is 1.02. The van der Waals surface area contributed by atoms with E-state index in [1.807, 2.05) is 6.92 Å². The topological polar surface area (TPSA) is 92.2 Å². The molecule has 7 nitrogen and oxygen atoms in total. The number of thioether (sulfide) groups is 1. The van der Waals surface area contributed by atoms with Gasteiger partial charge in [-0.2, -0.15) is 13.2 Å². The molecule has 0 atom stereocenters. The second-order valence-electron chi connectivity index (χ2n) is 5.90. The van der Waals surface area contributed by atoms with Gasteiger partial charge in [0, 0.05) is 11.8 Å². The number of hydrogen-bond acceptors (Lipinski definition) is 5. The second kappa shape index (κ2) is 8.05. The van der Waals surface area contributed by atoms with Crippen molar-refractivity contribution in [3.8, 4) is 0 Å². The highest BCUT2D eigenvalue weighted by atomic mass is 32.2. The molecule has 2 aromatic heterocycles. The molecule has 2 heterocycles. The second-order valence-corrected chi connectivity index (χ2v) is 6.84. The molecule has 148 valence electrons. The minimum Gasteiger partial charge on any atom is -0.325 e. The van der Waals surface area contributed by atoms with Gasteiger partial charge in [-0.15, -0.1) is 10.2 Å². The smallest absolute Gasteiger partial charge is 0.325 e. The number of amides is 1. The van der Waals surface area contributed by atoms with Crippen molar-refractivity contribution in [3.63, 3.8) is 0 Å². The first-order chi connectivity index (χ1) is 13.3. The maximum Gasteiger partial charge on any atom is 0.418 e. The number of aromatic nitrogens is 4. The predicted molar refractivity (Wildman–Crippen MR) is 98.4 cm³/mol. The summed E-state index contributed by atoms with van der Waals surface area (Å²) in [5, 5.41) is 10.5. The number of benzene rings is 1. The summed E-state index contributed by atoms with van der Waals surface area (Å²) in [5.74, 6) is -0.529. The third-order valence-electron chi connectivity index (χ3n) is 3.80. The van der Waals surface area contributed by atoms with Crippen LogP contribution in [0.25, 0.3) is 5.78 Å². The fourth-order valence-electron chi connectivity index (χ4n) is 2.66. The van der Waals surface area contributed by atoms with Crippen molar-refractivity contribution in [1.82, 2.24) is 19.6 Å². The van der Waals surface area contributed by atoms with Crippen molar-refractivity contribution >= 4 is 29.1 Å². The third-order valence-corrected chi connectivity index (χ3v) is 4.73. The van der Waals surface area contributed by atoms with Crippen molar-refractivity contribution in [2.45, 2.75) is 31.1 Å².